The first-order valence-electron chi connectivity index (χ1n) is 10.6. The molecule has 4 aromatic rings. The van der Waals surface area contributed by atoms with Crippen LogP contribution in [-0.2, 0) is 17.8 Å². The van der Waals surface area contributed by atoms with Crippen LogP contribution in [0, 0.1) is 0 Å². The maximum Gasteiger partial charge on any atom is 0.221 e. The molecule has 0 fully saturated rings. The number of aryl methyl sites for hydroxylation is 1. The molecule has 2 aromatic heterocycles. The van der Waals surface area contributed by atoms with Gasteiger partial charge in [0.15, 0.2) is 0 Å². The van der Waals surface area contributed by atoms with E-state index in [0.717, 1.165) is 39.8 Å². The first-order valence-corrected chi connectivity index (χ1v) is 10.6. The Kier molecular flexibility index (Phi) is 6.32. The van der Waals surface area contributed by atoms with E-state index >= 15 is 0 Å². The summed E-state index contributed by atoms with van der Waals surface area (Å²) in [6.45, 7) is 2.63. The molecule has 2 N–H and O–H groups in total. The highest BCUT2D eigenvalue weighted by atomic mass is 16.5. The van der Waals surface area contributed by atoms with E-state index in [0.29, 0.717) is 13.0 Å². The highest BCUT2D eigenvalue weighted by molar-refractivity contribution is 5.88. The van der Waals surface area contributed by atoms with E-state index in [1.807, 2.05) is 42.6 Å². The SMILES string of the molecule is CCc1cccc2c([C@@H](CC(=O)NCc3ccncc3)c3ccccc3OC)c[nH]c12. The Bertz CT molecular complexity index is 1170. The van der Waals surface area contributed by atoms with Crippen molar-refractivity contribution in [3.05, 3.63) is 95.4 Å². The molecule has 0 radical (unpaired) electrons. The third-order valence-corrected chi connectivity index (χ3v) is 5.73. The number of para-hydroxylation sites is 2. The Morgan fingerprint density at radius 1 is 1.06 bits per heavy atom. The van der Waals surface area contributed by atoms with Crippen molar-refractivity contribution in [2.45, 2.75) is 32.2 Å². The van der Waals surface area contributed by atoms with Gasteiger partial charge in [0.1, 0.15) is 5.75 Å². The summed E-state index contributed by atoms with van der Waals surface area (Å²) >= 11 is 0. The Labute approximate surface area is 182 Å². The van der Waals surface area contributed by atoms with E-state index < -0.39 is 0 Å². The van der Waals surface area contributed by atoms with Gasteiger partial charge in [0, 0.05) is 53.9 Å². The number of H-pyrrole nitrogens is 1. The lowest BCUT2D eigenvalue weighted by atomic mass is 9.87. The molecular weight excluding hydrogens is 386 g/mol. The van der Waals surface area contributed by atoms with E-state index in [-0.39, 0.29) is 11.8 Å². The highest BCUT2D eigenvalue weighted by Crippen LogP contribution is 2.38. The number of carbonyl (C=O) groups excluding carboxylic acids is 1. The number of benzene rings is 2. The minimum absolute atomic E-state index is 0.00582. The molecule has 0 bridgehead atoms. The highest BCUT2D eigenvalue weighted by Gasteiger charge is 2.24. The molecule has 0 spiro atoms. The van der Waals surface area contributed by atoms with Gasteiger partial charge >= 0.3 is 0 Å². The fourth-order valence-corrected chi connectivity index (χ4v) is 4.12. The average Bonchev–Trinajstić information content (AvgIpc) is 3.26. The number of nitrogens with one attached hydrogen (secondary N) is 2. The van der Waals surface area contributed by atoms with Gasteiger partial charge in [0.25, 0.3) is 0 Å². The van der Waals surface area contributed by atoms with Gasteiger partial charge in [0.05, 0.1) is 7.11 Å². The molecule has 0 saturated carbocycles. The molecule has 2 heterocycles. The molecule has 5 heteroatoms. The van der Waals surface area contributed by atoms with Crippen LogP contribution in [0.4, 0.5) is 0 Å². The number of rotatable bonds is 8. The summed E-state index contributed by atoms with van der Waals surface area (Å²) in [7, 11) is 1.67. The number of aromatic amines is 1. The van der Waals surface area contributed by atoms with Gasteiger partial charge in [-0.3, -0.25) is 9.78 Å². The first kappa shape index (κ1) is 20.7. The Hall–Kier alpha value is -3.60. The zero-order chi connectivity index (χ0) is 21.6. The molecule has 2 aromatic carbocycles. The topological polar surface area (TPSA) is 67.0 Å². The van der Waals surface area contributed by atoms with Crippen molar-refractivity contribution in [1.29, 1.82) is 0 Å². The van der Waals surface area contributed by atoms with Gasteiger partial charge in [-0.1, -0.05) is 43.3 Å². The molecule has 158 valence electrons. The van der Waals surface area contributed by atoms with Crippen LogP contribution in [0.1, 0.15) is 41.5 Å². The molecule has 4 rings (SSSR count). The molecule has 1 amide bonds. The second-order valence-electron chi connectivity index (χ2n) is 7.57. The summed E-state index contributed by atoms with van der Waals surface area (Å²) < 4.78 is 5.64. The predicted octanol–water partition coefficient (Wildman–Crippen LogP) is 4.97. The predicted molar refractivity (Wildman–Crippen MR) is 123 cm³/mol. The van der Waals surface area contributed by atoms with Crippen LogP contribution in [-0.4, -0.2) is 23.0 Å². The van der Waals surface area contributed by atoms with Gasteiger partial charge in [0.2, 0.25) is 5.91 Å². The largest absolute Gasteiger partial charge is 0.496 e. The Morgan fingerprint density at radius 3 is 2.65 bits per heavy atom. The number of nitrogens with zero attached hydrogens (tertiary/aromatic N) is 1. The molecule has 31 heavy (non-hydrogen) atoms. The number of fused-ring (bicyclic) bond motifs is 1. The van der Waals surface area contributed by atoms with Crippen LogP contribution >= 0.6 is 0 Å². The van der Waals surface area contributed by atoms with Crippen molar-refractivity contribution in [3.63, 3.8) is 0 Å². The number of pyridine rings is 1. The molecule has 0 aliphatic heterocycles. The summed E-state index contributed by atoms with van der Waals surface area (Å²) in [6, 6.07) is 18.1. The third-order valence-electron chi connectivity index (χ3n) is 5.73. The van der Waals surface area contributed by atoms with Crippen molar-refractivity contribution in [3.8, 4) is 5.75 Å². The van der Waals surface area contributed by atoms with Gasteiger partial charge < -0.3 is 15.0 Å². The number of hydrogen-bond acceptors (Lipinski definition) is 3. The van der Waals surface area contributed by atoms with Crippen LogP contribution in [0.3, 0.4) is 0 Å². The van der Waals surface area contributed by atoms with Crippen LogP contribution in [0.15, 0.2) is 73.2 Å². The summed E-state index contributed by atoms with van der Waals surface area (Å²) in [5.74, 6) is 0.651. The smallest absolute Gasteiger partial charge is 0.221 e. The monoisotopic (exact) mass is 413 g/mol. The van der Waals surface area contributed by atoms with Gasteiger partial charge in [-0.15, -0.1) is 0 Å². The summed E-state index contributed by atoms with van der Waals surface area (Å²) in [6.07, 6.45) is 6.78. The summed E-state index contributed by atoms with van der Waals surface area (Å²) in [5.41, 5.74) is 5.54. The molecule has 0 saturated heterocycles. The number of aromatic nitrogens is 2. The molecule has 0 unspecified atom stereocenters. The molecule has 1 atom stereocenters. The standard InChI is InChI=1S/C26H27N3O2/c1-3-19-7-6-9-21-23(17-29-26(19)21)22(20-8-4-5-10-24(20)31-2)15-25(30)28-16-18-11-13-27-14-12-18/h4-14,17,22,29H,3,15-16H2,1-2H3,(H,28,30)/t22-/m0/s1. The molecule has 0 aliphatic carbocycles. The van der Waals surface area contributed by atoms with E-state index in [2.05, 4.69) is 40.4 Å². The normalized spacial score (nSPS) is 11.9. The van der Waals surface area contributed by atoms with Gasteiger partial charge in [-0.05, 0) is 41.3 Å². The number of methoxy groups -OCH3 is 1. The maximum absolute atomic E-state index is 13.0. The minimum atomic E-state index is -0.130. The van der Waals surface area contributed by atoms with Crippen molar-refractivity contribution >= 4 is 16.8 Å². The maximum atomic E-state index is 13.0. The molecule has 0 aliphatic rings. The van der Waals surface area contributed by atoms with Crippen molar-refractivity contribution in [1.82, 2.24) is 15.3 Å². The van der Waals surface area contributed by atoms with Crippen molar-refractivity contribution < 1.29 is 9.53 Å². The van der Waals surface area contributed by atoms with Crippen LogP contribution < -0.4 is 10.1 Å². The van der Waals surface area contributed by atoms with Crippen molar-refractivity contribution in [2.24, 2.45) is 0 Å². The van der Waals surface area contributed by atoms with Crippen LogP contribution in [0.25, 0.3) is 10.9 Å². The third kappa shape index (κ3) is 4.45. The average molecular weight is 414 g/mol. The first-order chi connectivity index (χ1) is 15.2. The lowest BCUT2D eigenvalue weighted by Crippen LogP contribution is -2.25. The lowest BCUT2D eigenvalue weighted by Gasteiger charge is -2.20. The number of amides is 1. The summed E-state index contributed by atoms with van der Waals surface area (Å²) in [5, 5.41) is 4.20. The zero-order valence-corrected chi connectivity index (χ0v) is 17.9. The zero-order valence-electron chi connectivity index (χ0n) is 17.9. The van der Waals surface area contributed by atoms with Crippen LogP contribution in [0.5, 0.6) is 5.75 Å². The second-order valence-corrected chi connectivity index (χ2v) is 7.57. The second kappa shape index (κ2) is 9.47. The molecule has 5 nitrogen and oxygen atoms in total. The van der Waals surface area contributed by atoms with E-state index in [4.69, 9.17) is 4.74 Å². The molecular formula is C26H27N3O2. The number of ether oxygens (including phenoxy) is 1. The van der Waals surface area contributed by atoms with Crippen molar-refractivity contribution in [2.75, 3.05) is 7.11 Å². The number of carbonyl (C=O) groups is 1. The fourth-order valence-electron chi connectivity index (χ4n) is 4.12. The minimum Gasteiger partial charge on any atom is -0.496 e. The number of hydrogen-bond donors (Lipinski definition) is 2. The Balaban J connectivity index is 1.68. The Morgan fingerprint density at radius 2 is 1.87 bits per heavy atom. The van der Waals surface area contributed by atoms with E-state index in [1.165, 1.54) is 5.56 Å². The van der Waals surface area contributed by atoms with Crippen LogP contribution in [0.2, 0.25) is 0 Å². The summed E-state index contributed by atoms with van der Waals surface area (Å²) in [4.78, 5) is 20.4. The lowest BCUT2D eigenvalue weighted by molar-refractivity contribution is -0.121. The fraction of sp³-hybridized carbons (Fsp3) is 0.231. The van der Waals surface area contributed by atoms with Gasteiger partial charge in [-0.2, -0.15) is 0 Å². The quantitative estimate of drug-likeness (QED) is 0.428. The van der Waals surface area contributed by atoms with E-state index in [9.17, 15) is 4.79 Å². The van der Waals surface area contributed by atoms with Gasteiger partial charge in [-0.25, -0.2) is 0 Å². The van der Waals surface area contributed by atoms with E-state index in [1.54, 1.807) is 19.5 Å².